The second-order valence-corrected chi connectivity index (χ2v) is 7.00. The van der Waals surface area contributed by atoms with Gasteiger partial charge < -0.3 is 5.32 Å². The quantitative estimate of drug-likeness (QED) is 0.771. The number of thioether (sulfide) groups is 1. The molecule has 18 heavy (non-hydrogen) atoms. The highest BCUT2D eigenvalue weighted by Gasteiger charge is 2.17. The minimum atomic E-state index is -0.143. The van der Waals surface area contributed by atoms with Crippen molar-refractivity contribution in [3.05, 3.63) is 34.1 Å². The third-order valence-electron chi connectivity index (χ3n) is 2.59. The van der Waals surface area contributed by atoms with Crippen molar-refractivity contribution in [3.63, 3.8) is 0 Å². The van der Waals surface area contributed by atoms with Crippen molar-refractivity contribution in [2.45, 2.75) is 38.5 Å². The van der Waals surface area contributed by atoms with Gasteiger partial charge in [-0.2, -0.15) is 11.8 Å². The highest BCUT2D eigenvalue weighted by atomic mass is 79.9. The minimum absolute atomic E-state index is 0.0786. The van der Waals surface area contributed by atoms with E-state index in [0.29, 0.717) is 9.72 Å². The molecule has 102 valence electrons. The van der Waals surface area contributed by atoms with Crippen molar-refractivity contribution in [2.75, 3.05) is 12.3 Å². The van der Waals surface area contributed by atoms with Gasteiger partial charge in [0.1, 0.15) is 5.82 Å². The van der Waals surface area contributed by atoms with Crippen molar-refractivity contribution in [1.82, 2.24) is 5.32 Å². The predicted molar refractivity (Wildman–Crippen MR) is 82.7 cm³/mol. The van der Waals surface area contributed by atoms with Crippen LogP contribution in [0, 0.1) is 5.82 Å². The molecule has 0 fully saturated rings. The molecular weight excluding hydrogens is 313 g/mol. The lowest BCUT2D eigenvalue weighted by Crippen LogP contribution is -2.25. The first-order chi connectivity index (χ1) is 8.56. The molecule has 0 radical (unpaired) electrons. The molecule has 0 saturated carbocycles. The third-order valence-corrected chi connectivity index (χ3v) is 4.40. The van der Waals surface area contributed by atoms with Gasteiger partial charge in [0.2, 0.25) is 0 Å². The molecular formula is C14H21BrFNS. The number of nitrogens with one attached hydrogen (secondary N) is 1. The summed E-state index contributed by atoms with van der Waals surface area (Å²) >= 11 is 5.11. The van der Waals surface area contributed by atoms with Crippen LogP contribution in [0.3, 0.4) is 0 Å². The molecule has 1 rings (SSSR count). The maximum absolute atomic E-state index is 14.1. The molecule has 1 unspecified atom stereocenters. The number of benzene rings is 1. The van der Waals surface area contributed by atoms with Gasteiger partial charge in [-0.1, -0.05) is 32.9 Å². The molecule has 0 amide bonds. The molecule has 1 aromatic carbocycles. The van der Waals surface area contributed by atoms with Crippen molar-refractivity contribution in [2.24, 2.45) is 0 Å². The summed E-state index contributed by atoms with van der Waals surface area (Å²) in [5.41, 5.74) is 0.756. The van der Waals surface area contributed by atoms with Crippen LogP contribution >= 0.6 is 27.7 Å². The molecule has 1 nitrogen and oxygen atoms in total. The molecule has 0 heterocycles. The Labute approximate surface area is 122 Å². The zero-order valence-corrected chi connectivity index (χ0v) is 13.6. The van der Waals surface area contributed by atoms with Gasteiger partial charge in [0.15, 0.2) is 0 Å². The smallest absolute Gasteiger partial charge is 0.142 e. The van der Waals surface area contributed by atoms with Crippen LogP contribution in [0.5, 0.6) is 0 Å². The molecule has 0 spiro atoms. The fraction of sp³-hybridized carbons (Fsp3) is 0.571. The van der Waals surface area contributed by atoms with Crippen LogP contribution in [0.4, 0.5) is 4.39 Å². The average molecular weight is 334 g/mol. The molecule has 0 bridgehead atoms. The molecule has 1 N–H and O–H groups in total. The van der Waals surface area contributed by atoms with Gasteiger partial charge in [0.05, 0.1) is 4.47 Å². The van der Waals surface area contributed by atoms with E-state index in [-0.39, 0.29) is 11.9 Å². The molecule has 4 heteroatoms. The van der Waals surface area contributed by atoms with Crippen molar-refractivity contribution >= 4 is 27.7 Å². The Bertz CT molecular complexity index is 371. The fourth-order valence-electron chi connectivity index (χ4n) is 1.66. The molecule has 0 aliphatic heterocycles. The summed E-state index contributed by atoms with van der Waals surface area (Å²) in [6, 6.07) is 5.58. The molecule has 1 aromatic rings. The maximum atomic E-state index is 14.1. The molecule has 0 aliphatic rings. The van der Waals surface area contributed by atoms with Gasteiger partial charge in [-0.05, 0) is 40.2 Å². The van der Waals surface area contributed by atoms with E-state index >= 15 is 0 Å². The number of rotatable bonds is 7. The van der Waals surface area contributed by atoms with Gasteiger partial charge in [0, 0.05) is 17.4 Å². The number of hydrogen-bond acceptors (Lipinski definition) is 2. The summed E-state index contributed by atoms with van der Waals surface area (Å²) in [5.74, 6) is 0.751. The summed E-state index contributed by atoms with van der Waals surface area (Å²) < 4.78 is 14.6. The highest BCUT2D eigenvalue weighted by molar-refractivity contribution is 9.10. The zero-order valence-electron chi connectivity index (χ0n) is 11.2. The third kappa shape index (κ3) is 4.90. The van der Waals surface area contributed by atoms with E-state index in [1.807, 2.05) is 23.9 Å². The van der Waals surface area contributed by atoms with E-state index in [0.717, 1.165) is 24.3 Å². The Balaban J connectivity index is 2.83. The van der Waals surface area contributed by atoms with Crippen LogP contribution in [-0.2, 0) is 0 Å². The zero-order chi connectivity index (χ0) is 13.5. The summed E-state index contributed by atoms with van der Waals surface area (Å²) in [6.07, 6.45) is 1.05. The lowest BCUT2D eigenvalue weighted by molar-refractivity contribution is 0.529. The Kier molecular flexibility index (Phi) is 7.27. The van der Waals surface area contributed by atoms with E-state index in [9.17, 15) is 4.39 Å². The van der Waals surface area contributed by atoms with Gasteiger partial charge in [-0.15, -0.1) is 0 Å². The van der Waals surface area contributed by atoms with Crippen molar-refractivity contribution < 1.29 is 4.39 Å². The van der Waals surface area contributed by atoms with E-state index < -0.39 is 0 Å². The molecule has 0 saturated heterocycles. The van der Waals surface area contributed by atoms with Crippen LogP contribution in [0.1, 0.15) is 38.8 Å². The SMILES string of the molecule is CCCNC(CSC(C)C)c1cccc(Br)c1F. The fourth-order valence-corrected chi connectivity index (χ4v) is 2.91. The van der Waals surface area contributed by atoms with Gasteiger partial charge in [0.25, 0.3) is 0 Å². The number of halogens is 2. The van der Waals surface area contributed by atoms with E-state index in [1.54, 1.807) is 6.07 Å². The minimum Gasteiger partial charge on any atom is -0.309 e. The first kappa shape index (κ1) is 16.0. The molecule has 0 aromatic heterocycles. The number of hydrogen-bond donors (Lipinski definition) is 1. The predicted octanol–water partition coefficient (Wildman–Crippen LogP) is 4.77. The van der Waals surface area contributed by atoms with Gasteiger partial charge in [-0.3, -0.25) is 0 Å². The monoisotopic (exact) mass is 333 g/mol. The molecule has 0 aliphatic carbocycles. The first-order valence-electron chi connectivity index (χ1n) is 6.35. The maximum Gasteiger partial charge on any atom is 0.142 e. The summed E-state index contributed by atoms with van der Waals surface area (Å²) in [4.78, 5) is 0. The lowest BCUT2D eigenvalue weighted by Gasteiger charge is -2.20. The summed E-state index contributed by atoms with van der Waals surface area (Å²) in [7, 11) is 0. The van der Waals surface area contributed by atoms with E-state index in [4.69, 9.17) is 0 Å². The van der Waals surface area contributed by atoms with Gasteiger partial charge in [-0.25, -0.2) is 4.39 Å². The van der Waals surface area contributed by atoms with Crippen LogP contribution in [-0.4, -0.2) is 17.5 Å². The van der Waals surface area contributed by atoms with Crippen LogP contribution in [0.25, 0.3) is 0 Å². The summed E-state index contributed by atoms with van der Waals surface area (Å²) in [6.45, 7) is 7.36. The van der Waals surface area contributed by atoms with Crippen molar-refractivity contribution in [1.29, 1.82) is 0 Å². The first-order valence-corrected chi connectivity index (χ1v) is 8.19. The van der Waals surface area contributed by atoms with Gasteiger partial charge >= 0.3 is 0 Å². The Morgan fingerprint density at radius 3 is 2.72 bits per heavy atom. The standard InChI is InChI=1S/C14H21BrFNS/c1-4-8-17-13(9-18-10(2)3)11-6-5-7-12(15)14(11)16/h5-7,10,13,17H,4,8-9H2,1-3H3. The van der Waals surface area contributed by atoms with Crippen LogP contribution in [0.15, 0.2) is 22.7 Å². The topological polar surface area (TPSA) is 12.0 Å². The average Bonchev–Trinajstić information content (AvgIpc) is 2.33. The second-order valence-electron chi connectivity index (χ2n) is 4.53. The normalized spacial score (nSPS) is 13.0. The largest absolute Gasteiger partial charge is 0.309 e. The van der Waals surface area contributed by atoms with Crippen LogP contribution < -0.4 is 5.32 Å². The molecule has 1 atom stereocenters. The Morgan fingerprint density at radius 2 is 2.11 bits per heavy atom. The van der Waals surface area contributed by atoms with Crippen molar-refractivity contribution in [3.8, 4) is 0 Å². The summed E-state index contributed by atoms with van der Waals surface area (Å²) in [5, 5.41) is 3.99. The van der Waals surface area contributed by atoms with E-state index in [2.05, 4.69) is 42.0 Å². The van der Waals surface area contributed by atoms with Crippen LogP contribution in [0.2, 0.25) is 0 Å². The van der Waals surface area contributed by atoms with E-state index in [1.165, 1.54) is 0 Å². The Morgan fingerprint density at radius 1 is 1.39 bits per heavy atom. The highest BCUT2D eigenvalue weighted by Crippen LogP contribution is 2.27. The Hall–Kier alpha value is -0.0600. The second kappa shape index (κ2) is 8.18. The lowest BCUT2D eigenvalue weighted by atomic mass is 10.1.